The third-order valence-corrected chi connectivity index (χ3v) is 6.52. The maximum absolute atomic E-state index is 12.6. The van der Waals surface area contributed by atoms with Gasteiger partial charge in [-0.2, -0.15) is 5.26 Å². The van der Waals surface area contributed by atoms with Crippen molar-refractivity contribution in [3.8, 4) is 6.07 Å². The van der Waals surface area contributed by atoms with Gasteiger partial charge in [-0.25, -0.2) is 4.79 Å². The molecule has 3 rings (SSSR count). The van der Waals surface area contributed by atoms with Crippen LogP contribution in [-0.2, 0) is 27.3 Å². The van der Waals surface area contributed by atoms with E-state index in [1.165, 1.54) is 0 Å². The highest BCUT2D eigenvalue weighted by Gasteiger charge is 2.42. The second-order valence-electron chi connectivity index (χ2n) is 8.56. The normalized spacial score (nSPS) is 14.5. The van der Waals surface area contributed by atoms with Crippen molar-refractivity contribution in [2.24, 2.45) is 5.73 Å². The summed E-state index contributed by atoms with van der Waals surface area (Å²) in [7, 11) is 0. The first-order valence-corrected chi connectivity index (χ1v) is 11.6. The standard InChI is InChI=1S/C26H31N5O4/c1-2-20-7-9-23(10-8-20)29-25(34)35-18-26(11-13-30(14-12-26)24(33)16-28)31(19-32)17-22-6-4-3-5-21(22)15-27/h3-10,19H,2,11-14,16-18,28H2,1H3,(H,29,34). The van der Waals surface area contributed by atoms with Crippen LogP contribution in [0.5, 0.6) is 0 Å². The second-order valence-corrected chi connectivity index (χ2v) is 8.56. The average Bonchev–Trinajstić information content (AvgIpc) is 2.91. The lowest BCUT2D eigenvalue weighted by Crippen LogP contribution is -2.59. The zero-order valence-corrected chi connectivity index (χ0v) is 19.9. The van der Waals surface area contributed by atoms with Crippen molar-refractivity contribution in [2.75, 3.05) is 31.6 Å². The Morgan fingerprint density at radius 3 is 2.49 bits per heavy atom. The number of likely N-dealkylation sites (tertiary alicyclic amines) is 1. The highest BCUT2D eigenvalue weighted by molar-refractivity contribution is 5.84. The van der Waals surface area contributed by atoms with Crippen LogP contribution in [0.2, 0.25) is 0 Å². The molecular formula is C26H31N5O4. The number of piperidine rings is 1. The first-order valence-electron chi connectivity index (χ1n) is 11.6. The van der Waals surface area contributed by atoms with Crippen LogP contribution in [0, 0.1) is 11.3 Å². The molecule has 0 spiro atoms. The predicted octanol–water partition coefficient (Wildman–Crippen LogP) is 2.65. The minimum atomic E-state index is -0.834. The molecule has 1 saturated heterocycles. The summed E-state index contributed by atoms with van der Waals surface area (Å²) >= 11 is 0. The zero-order chi connectivity index (χ0) is 25.3. The number of carbonyl (C=O) groups excluding carboxylic acids is 3. The number of anilines is 1. The van der Waals surface area contributed by atoms with E-state index in [-0.39, 0.29) is 25.6 Å². The molecule has 0 radical (unpaired) electrons. The molecule has 1 aliphatic rings. The van der Waals surface area contributed by atoms with Crippen LogP contribution in [0.25, 0.3) is 0 Å². The van der Waals surface area contributed by atoms with Gasteiger partial charge >= 0.3 is 6.09 Å². The van der Waals surface area contributed by atoms with E-state index in [0.717, 1.165) is 18.4 Å². The van der Waals surface area contributed by atoms with Gasteiger partial charge in [0.1, 0.15) is 6.61 Å². The van der Waals surface area contributed by atoms with Crippen molar-refractivity contribution in [1.82, 2.24) is 9.80 Å². The van der Waals surface area contributed by atoms with Crippen LogP contribution in [0.1, 0.15) is 36.5 Å². The van der Waals surface area contributed by atoms with Gasteiger partial charge in [-0.1, -0.05) is 37.3 Å². The van der Waals surface area contributed by atoms with Crippen LogP contribution in [-0.4, -0.2) is 60.0 Å². The molecule has 2 aromatic carbocycles. The molecule has 2 aromatic rings. The van der Waals surface area contributed by atoms with Gasteiger partial charge in [-0.15, -0.1) is 0 Å². The van der Waals surface area contributed by atoms with Gasteiger partial charge in [0, 0.05) is 25.3 Å². The Hall–Kier alpha value is -3.90. The number of nitriles is 1. The summed E-state index contributed by atoms with van der Waals surface area (Å²) in [4.78, 5) is 40.2. The molecule has 0 unspecified atom stereocenters. The third kappa shape index (κ3) is 6.37. The first kappa shape index (κ1) is 25.7. The Bertz CT molecular complexity index is 1070. The van der Waals surface area contributed by atoms with Crippen molar-refractivity contribution >= 4 is 24.1 Å². The predicted molar refractivity (Wildman–Crippen MR) is 131 cm³/mol. The van der Waals surface area contributed by atoms with Gasteiger partial charge in [0.05, 0.1) is 23.7 Å². The number of hydrogen-bond acceptors (Lipinski definition) is 6. The second kappa shape index (κ2) is 12.0. The van der Waals surface area contributed by atoms with E-state index in [1.807, 2.05) is 30.3 Å². The Labute approximate surface area is 205 Å². The molecule has 0 saturated carbocycles. The molecule has 35 heavy (non-hydrogen) atoms. The Balaban J connectivity index is 1.77. The van der Waals surface area contributed by atoms with E-state index in [9.17, 15) is 19.6 Å². The Morgan fingerprint density at radius 1 is 1.20 bits per heavy atom. The fourth-order valence-corrected chi connectivity index (χ4v) is 4.26. The number of nitrogens with one attached hydrogen (secondary N) is 1. The van der Waals surface area contributed by atoms with Crippen molar-refractivity contribution in [3.05, 3.63) is 65.2 Å². The highest BCUT2D eigenvalue weighted by Crippen LogP contribution is 2.31. The van der Waals surface area contributed by atoms with Gasteiger partial charge in [0.25, 0.3) is 0 Å². The Kier molecular flexibility index (Phi) is 8.81. The third-order valence-electron chi connectivity index (χ3n) is 6.52. The highest BCUT2D eigenvalue weighted by atomic mass is 16.5. The van der Waals surface area contributed by atoms with Crippen LogP contribution in [0.3, 0.4) is 0 Å². The molecule has 0 bridgehead atoms. The van der Waals surface area contributed by atoms with Crippen LogP contribution in [0.4, 0.5) is 10.5 Å². The molecule has 1 aliphatic heterocycles. The number of amides is 3. The fourth-order valence-electron chi connectivity index (χ4n) is 4.26. The lowest BCUT2D eigenvalue weighted by atomic mass is 9.86. The van der Waals surface area contributed by atoms with E-state index in [4.69, 9.17) is 10.5 Å². The minimum absolute atomic E-state index is 0.0516. The maximum Gasteiger partial charge on any atom is 0.411 e. The molecular weight excluding hydrogens is 446 g/mol. The summed E-state index contributed by atoms with van der Waals surface area (Å²) in [6.45, 7) is 2.85. The molecule has 9 nitrogen and oxygen atoms in total. The molecule has 0 aromatic heterocycles. The maximum atomic E-state index is 12.6. The van der Waals surface area contributed by atoms with Crippen molar-refractivity contribution in [1.29, 1.82) is 5.26 Å². The van der Waals surface area contributed by atoms with Crippen LogP contribution < -0.4 is 11.1 Å². The van der Waals surface area contributed by atoms with Crippen LogP contribution >= 0.6 is 0 Å². The average molecular weight is 478 g/mol. The summed E-state index contributed by atoms with van der Waals surface area (Å²) in [5.41, 5.74) is 7.61. The quantitative estimate of drug-likeness (QED) is 0.534. The molecule has 1 fully saturated rings. The molecule has 1 heterocycles. The smallest absolute Gasteiger partial charge is 0.411 e. The number of aryl methyl sites for hydroxylation is 1. The Morgan fingerprint density at radius 2 is 1.89 bits per heavy atom. The number of benzene rings is 2. The van der Waals surface area contributed by atoms with Crippen molar-refractivity contribution in [3.63, 3.8) is 0 Å². The van der Waals surface area contributed by atoms with E-state index < -0.39 is 11.6 Å². The van der Waals surface area contributed by atoms with Gasteiger partial charge in [-0.05, 0) is 48.6 Å². The number of rotatable bonds is 9. The summed E-state index contributed by atoms with van der Waals surface area (Å²) in [5.74, 6) is -0.166. The van der Waals surface area contributed by atoms with Gasteiger partial charge in [0.2, 0.25) is 12.3 Å². The summed E-state index contributed by atoms with van der Waals surface area (Å²) in [5, 5.41) is 12.2. The van der Waals surface area contributed by atoms with Gasteiger partial charge in [0.15, 0.2) is 0 Å². The SMILES string of the molecule is CCc1ccc(NC(=O)OCC2(N(C=O)Cc3ccccc3C#N)CCN(C(=O)CN)CC2)cc1. The van der Waals surface area contributed by atoms with Crippen molar-refractivity contribution < 1.29 is 19.1 Å². The van der Waals surface area contributed by atoms with Gasteiger partial charge < -0.3 is 20.3 Å². The molecule has 3 N–H and O–H groups in total. The molecule has 184 valence electrons. The number of ether oxygens (including phenoxy) is 1. The number of nitrogens with zero attached hydrogens (tertiary/aromatic N) is 3. The lowest BCUT2D eigenvalue weighted by Gasteiger charge is -2.46. The number of hydrogen-bond donors (Lipinski definition) is 2. The summed E-state index contributed by atoms with van der Waals surface area (Å²) < 4.78 is 5.60. The van der Waals surface area contributed by atoms with E-state index in [2.05, 4.69) is 18.3 Å². The molecule has 0 atom stereocenters. The lowest BCUT2D eigenvalue weighted by molar-refractivity contribution is -0.137. The zero-order valence-electron chi connectivity index (χ0n) is 19.9. The fraction of sp³-hybridized carbons (Fsp3) is 0.385. The van der Waals surface area contributed by atoms with E-state index >= 15 is 0 Å². The monoisotopic (exact) mass is 477 g/mol. The number of carbonyl (C=O) groups is 3. The molecule has 3 amide bonds. The van der Waals surface area contributed by atoms with E-state index in [0.29, 0.717) is 42.7 Å². The first-order chi connectivity index (χ1) is 16.9. The van der Waals surface area contributed by atoms with Gasteiger partial charge in [-0.3, -0.25) is 14.9 Å². The largest absolute Gasteiger partial charge is 0.447 e. The van der Waals surface area contributed by atoms with Crippen LogP contribution in [0.15, 0.2) is 48.5 Å². The summed E-state index contributed by atoms with van der Waals surface area (Å²) in [6.07, 6.45) is 1.81. The molecule has 0 aliphatic carbocycles. The van der Waals surface area contributed by atoms with E-state index in [1.54, 1.807) is 28.0 Å². The summed E-state index contributed by atoms with van der Waals surface area (Å²) in [6, 6.07) is 16.7. The topological polar surface area (TPSA) is 129 Å². The molecule has 9 heteroatoms. The number of nitrogens with two attached hydrogens (primary N) is 1. The van der Waals surface area contributed by atoms with Crippen molar-refractivity contribution in [2.45, 2.75) is 38.3 Å². The minimum Gasteiger partial charge on any atom is -0.447 e.